The van der Waals surface area contributed by atoms with Crippen molar-refractivity contribution in [2.24, 2.45) is 0 Å². The Bertz CT molecular complexity index is 1280. The van der Waals surface area contributed by atoms with Gasteiger partial charge in [-0.05, 0) is 75.6 Å². The van der Waals surface area contributed by atoms with Gasteiger partial charge in [0.05, 0.1) is 16.6 Å². The van der Waals surface area contributed by atoms with Gasteiger partial charge in [-0.15, -0.1) is 0 Å². The first-order valence-electron chi connectivity index (χ1n) is 11.8. The van der Waals surface area contributed by atoms with Crippen LogP contribution in [0.4, 0.5) is 23.0 Å². The summed E-state index contributed by atoms with van der Waals surface area (Å²) in [5.41, 5.74) is 2.28. The molecule has 1 aliphatic rings. The molecule has 35 heavy (non-hydrogen) atoms. The Labute approximate surface area is 206 Å². The summed E-state index contributed by atoms with van der Waals surface area (Å²) in [5, 5.41) is 5.71. The highest BCUT2D eigenvalue weighted by molar-refractivity contribution is 7.92. The predicted molar refractivity (Wildman–Crippen MR) is 139 cm³/mol. The summed E-state index contributed by atoms with van der Waals surface area (Å²) in [7, 11) is -3.32. The highest BCUT2D eigenvalue weighted by atomic mass is 32.2. The van der Waals surface area contributed by atoms with Gasteiger partial charge in [0.1, 0.15) is 17.5 Å². The SMILES string of the molecule is Cc1nc(Nc2ccc(NC(=O)Cc3ccc(S(=O)(=O)C(C)C)cc3)cc2)cc(N2CCCC2)n1. The van der Waals surface area contributed by atoms with Crippen LogP contribution in [-0.2, 0) is 21.1 Å². The molecule has 4 rings (SSSR count). The second-order valence-electron chi connectivity index (χ2n) is 9.02. The average molecular weight is 494 g/mol. The molecular weight excluding hydrogens is 462 g/mol. The monoisotopic (exact) mass is 493 g/mol. The fraction of sp³-hybridized carbons (Fsp3) is 0.346. The van der Waals surface area contributed by atoms with E-state index in [0.717, 1.165) is 41.8 Å². The maximum atomic E-state index is 12.5. The van der Waals surface area contributed by atoms with E-state index in [1.807, 2.05) is 37.3 Å². The van der Waals surface area contributed by atoms with Crippen molar-refractivity contribution in [2.75, 3.05) is 28.6 Å². The number of amides is 1. The molecule has 0 atom stereocenters. The molecule has 0 bridgehead atoms. The number of aryl methyl sites for hydroxylation is 1. The molecule has 1 saturated heterocycles. The number of aromatic nitrogens is 2. The van der Waals surface area contributed by atoms with Gasteiger partial charge in [0.15, 0.2) is 9.84 Å². The smallest absolute Gasteiger partial charge is 0.228 e. The van der Waals surface area contributed by atoms with Crippen molar-refractivity contribution in [2.45, 2.75) is 50.2 Å². The molecule has 8 nitrogen and oxygen atoms in total. The zero-order valence-electron chi connectivity index (χ0n) is 20.3. The Morgan fingerprint density at radius 3 is 2.23 bits per heavy atom. The highest BCUT2D eigenvalue weighted by Gasteiger charge is 2.19. The molecule has 2 N–H and O–H groups in total. The summed E-state index contributed by atoms with van der Waals surface area (Å²) >= 11 is 0. The lowest BCUT2D eigenvalue weighted by molar-refractivity contribution is -0.115. The first-order valence-corrected chi connectivity index (χ1v) is 13.4. The van der Waals surface area contributed by atoms with E-state index in [9.17, 15) is 13.2 Å². The topological polar surface area (TPSA) is 104 Å². The normalized spacial score (nSPS) is 13.8. The molecule has 2 aromatic carbocycles. The Kier molecular flexibility index (Phi) is 7.35. The predicted octanol–water partition coefficient (Wildman–Crippen LogP) is 4.49. The van der Waals surface area contributed by atoms with Crippen LogP contribution in [0.5, 0.6) is 0 Å². The minimum atomic E-state index is -3.32. The molecule has 1 fully saturated rings. The van der Waals surface area contributed by atoms with Crippen LogP contribution >= 0.6 is 0 Å². The van der Waals surface area contributed by atoms with Crippen LogP contribution in [0.1, 0.15) is 38.1 Å². The number of nitrogens with one attached hydrogen (secondary N) is 2. The molecule has 3 aromatic rings. The molecule has 1 amide bonds. The van der Waals surface area contributed by atoms with Crippen LogP contribution in [0.2, 0.25) is 0 Å². The Morgan fingerprint density at radius 1 is 0.971 bits per heavy atom. The van der Waals surface area contributed by atoms with Crippen LogP contribution in [0.25, 0.3) is 0 Å². The lowest BCUT2D eigenvalue weighted by Gasteiger charge is -2.18. The van der Waals surface area contributed by atoms with E-state index >= 15 is 0 Å². The molecule has 0 aliphatic carbocycles. The van der Waals surface area contributed by atoms with Crippen molar-refractivity contribution in [3.63, 3.8) is 0 Å². The summed E-state index contributed by atoms with van der Waals surface area (Å²) in [6, 6.07) is 15.9. The van der Waals surface area contributed by atoms with E-state index in [1.54, 1.807) is 38.1 Å². The number of benzene rings is 2. The number of nitrogens with zero attached hydrogens (tertiary/aromatic N) is 3. The van der Waals surface area contributed by atoms with Gasteiger partial charge in [-0.25, -0.2) is 18.4 Å². The molecular formula is C26H31N5O3S. The van der Waals surface area contributed by atoms with E-state index in [1.165, 1.54) is 12.8 Å². The molecule has 2 heterocycles. The van der Waals surface area contributed by atoms with Gasteiger partial charge in [-0.1, -0.05) is 12.1 Å². The Balaban J connectivity index is 1.35. The average Bonchev–Trinajstić information content (AvgIpc) is 3.35. The summed E-state index contributed by atoms with van der Waals surface area (Å²) in [4.78, 5) is 24.1. The van der Waals surface area contributed by atoms with Gasteiger partial charge < -0.3 is 15.5 Å². The van der Waals surface area contributed by atoms with Crippen LogP contribution in [0.3, 0.4) is 0 Å². The van der Waals surface area contributed by atoms with Gasteiger partial charge in [-0.3, -0.25) is 4.79 Å². The van der Waals surface area contributed by atoms with Crippen molar-refractivity contribution in [3.8, 4) is 0 Å². The third-order valence-corrected chi connectivity index (χ3v) is 8.10. The zero-order chi connectivity index (χ0) is 25.0. The van der Waals surface area contributed by atoms with Crippen molar-refractivity contribution in [3.05, 3.63) is 66.0 Å². The molecule has 0 spiro atoms. The number of hydrogen-bond donors (Lipinski definition) is 2. The minimum absolute atomic E-state index is 0.154. The maximum Gasteiger partial charge on any atom is 0.228 e. The van der Waals surface area contributed by atoms with Crippen LogP contribution in [-0.4, -0.2) is 42.6 Å². The van der Waals surface area contributed by atoms with E-state index in [4.69, 9.17) is 0 Å². The number of rotatable bonds is 8. The Morgan fingerprint density at radius 2 is 1.60 bits per heavy atom. The lowest BCUT2D eigenvalue weighted by atomic mass is 10.1. The molecule has 1 aliphatic heterocycles. The number of carbonyl (C=O) groups is 1. The maximum absolute atomic E-state index is 12.5. The van der Waals surface area contributed by atoms with Crippen molar-refractivity contribution >= 4 is 38.8 Å². The Hall–Kier alpha value is -3.46. The van der Waals surface area contributed by atoms with Crippen molar-refractivity contribution in [1.82, 2.24) is 9.97 Å². The van der Waals surface area contributed by atoms with Gasteiger partial charge in [0, 0.05) is 30.5 Å². The lowest BCUT2D eigenvalue weighted by Crippen LogP contribution is -2.19. The van der Waals surface area contributed by atoms with Gasteiger partial charge in [0.25, 0.3) is 0 Å². The second kappa shape index (κ2) is 10.4. The van der Waals surface area contributed by atoms with Crippen LogP contribution in [0.15, 0.2) is 59.5 Å². The zero-order valence-corrected chi connectivity index (χ0v) is 21.1. The number of hydrogen-bond acceptors (Lipinski definition) is 7. The first kappa shape index (κ1) is 24.7. The number of anilines is 4. The molecule has 184 valence electrons. The summed E-state index contributed by atoms with van der Waals surface area (Å²) in [6.07, 6.45) is 2.52. The molecule has 0 radical (unpaired) electrons. The largest absolute Gasteiger partial charge is 0.356 e. The van der Waals surface area contributed by atoms with E-state index < -0.39 is 15.1 Å². The van der Waals surface area contributed by atoms with E-state index in [0.29, 0.717) is 5.69 Å². The quantitative estimate of drug-likeness (QED) is 0.476. The fourth-order valence-electron chi connectivity index (χ4n) is 3.97. The highest BCUT2D eigenvalue weighted by Crippen LogP contribution is 2.24. The molecule has 0 saturated carbocycles. The van der Waals surface area contributed by atoms with Gasteiger partial charge in [0.2, 0.25) is 5.91 Å². The van der Waals surface area contributed by atoms with Crippen LogP contribution in [0, 0.1) is 6.92 Å². The molecule has 0 unspecified atom stereocenters. The van der Waals surface area contributed by atoms with Gasteiger partial charge in [-0.2, -0.15) is 0 Å². The molecule has 9 heteroatoms. The summed E-state index contributed by atoms with van der Waals surface area (Å²) in [6.45, 7) is 7.23. The van der Waals surface area contributed by atoms with Crippen molar-refractivity contribution in [1.29, 1.82) is 0 Å². The molecule has 1 aromatic heterocycles. The third-order valence-electron chi connectivity index (χ3n) is 5.93. The number of carbonyl (C=O) groups excluding carboxylic acids is 1. The summed E-state index contributed by atoms with van der Waals surface area (Å²) in [5.74, 6) is 2.22. The van der Waals surface area contributed by atoms with E-state index in [-0.39, 0.29) is 17.2 Å². The van der Waals surface area contributed by atoms with Gasteiger partial charge >= 0.3 is 0 Å². The third kappa shape index (κ3) is 6.16. The standard InChI is InChI=1S/C26H31N5O3S/c1-18(2)35(33,34)23-12-6-20(7-13-23)16-26(32)30-22-10-8-21(9-11-22)29-24-17-25(28-19(3)27-24)31-14-4-5-15-31/h6-13,17-18H,4-5,14-16H2,1-3H3,(H,30,32)(H,27,28,29). The minimum Gasteiger partial charge on any atom is -0.356 e. The first-order chi connectivity index (χ1) is 16.7. The van der Waals surface area contributed by atoms with E-state index in [2.05, 4.69) is 25.5 Å². The summed E-state index contributed by atoms with van der Waals surface area (Å²) < 4.78 is 24.5. The van der Waals surface area contributed by atoms with Crippen LogP contribution < -0.4 is 15.5 Å². The second-order valence-corrected chi connectivity index (χ2v) is 11.5. The number of sulfone groups is 1. The van der Waals surface area contributed by atoms with Crippen molar-refractivity contribution < 1.29 is 13.2 Å². The fourth-order valence-corrected chi connectivity index (χ4v) is 5.03.